The van der Waals surface area contributed by atoms with Crippen molar-refractivity contribution in [2.24, 2.45) is 0 Å². The topological polar surface area (TPSA) is 144 Å². The van der Waals surface area contributed by atoms with E-state index >= 15 is 0 Å². The van der Waals surface area contributed by atoms with Crippen molar-refractivity contribution in [2.75, 3.05) is 30.5 Å². The minimum atomic E-state index is -3.66. The number of rotatable bonds is 7. The number of benzene rings is 2. The van der Waals surface area contributed by atoms with Gasteiger partial charge in [0.25, 0.3) is 0 Å². The molecule has 0 spiro atoms. The molecule has 0 fully saturated rings. The second-order valence-corrected chi connectivity index (χ2v) is 8.70. The maximum atomic E-state index is 13.8. The molecule has 4 N–H and O–H groups in total. The molecular formula is C22H25FN4O5S. The van der Waals surface area contributed by atoms with Crippen LogP contribution in [0.25, 0.3) is 0 Å². The number of carbonyl (C=O) groups excluding carboxylic acids is 1. The van der Waals surface area contributed by atoms with Crippen molar-refractivity contribution in [3.05, 3.63) is 71.7 Å². The summed E-state index contributed by atoms with van der Waals surface area (Å²) in [5.74, 6) is -1.63. The number of nitrogen functional groups attached to an aromatic ring is 1. The number of ether oxygens (including phenoxy) is 1. The highest BCUT2D eigenvalue weighted by molar-refractivity contribution is 7.90. The molecule has 0 aliphatic heterocycles. The molecule has 0 bridgehead atoms. The Kier molecular flexibility index (Phi) is 9.25. The summed E-state index contributed by atoms with van der Waals surface area (Å²) in [6.45, 7) is 2.08. The van der Waals surface area contributed by atoms with Crippen LogP contribution in [0.5, 0.6) is 0 Å². The van der Waals surface area contributed by atoms with E-state index in [1.165, 1.54) is 17.8 Å². The largest absolute Gasteiger partial charge is 0.462 e. The third-order valence-electron chi connectivity index (χ3n) is 4.14. The normalized spacial score (nSPS) is 10.7. The zero-order valence-corrected chi connectivity index (χ0v) is 19.0. The van der Waals surface area contributed by atoms with E-state index in [0.29, 0.717) is 0 Å². The number of esters is 1. The van der Waals surface area contributed by atoms with Crippen molar-refractivity contribution in [3.8, 4) is 0 Å². The molecule has 0 saturated heterocycles. The van der Waals surface area contributed by atoms with E-state index < -0.39 is 26.5 Å². The first-order valence-corrected chi connectivity index (χ1v) is 11.8. The Morgan fingerprint density at radius 1 is 1.21 bits per heavy atom. The maximum Gasteiger partial charge on any atom is 0.343 e. The molecule has 3 rings (SSSR count). The predicted octanol–water partition coefficient (Wildman–Crippen LogP) is 2.74. The second-order valence-electron chi connectivity index (χ2n) is 6.71. The molecule has 0 amide bonds. The molecule has 0 atom stereocenters. The summed E-state index contributed by atoms with van der Waals surface area (Å²) in [6, 6.07) is 13.4. The van der Waals surface area contributed by atoms with Gasteiger partial charge in [-0.15, -0.1) is 0 Å². The Morgan fingerprint density at radius 2 is 1.91 bits per heavy atom. The van der Waals surface area contributed by atoms with Gasteiger partial charge in [-0.2, -0.15) is 4.98 Å². The lowest BCUT2D eigenvalue weighted by molar-refractivity contribution is 0.0526. The zero-order chi connectivity index (χ0) is 24.4. The van der Waals surface area contributed by atoms with E-state index in [-0.39, 0.29) is 36.2 Å². The summed E-state index contributed by atoms with van der Waals surface area (Å²) in [7, 11) is -3.66. The number of nitrogens with two attached hydrogens (primary N) is 1. The Labute approximate surface area is 191 Å². The van der Waals surface area contributed by atoms with E-state index in [2.05, 4.69) is 15.3 Å². The fraction of sp³-hybridized carbons (Fsp3) is 0.227. The molecule has 9 nitrogen and oxygen atoms in total. The number of carbonyl (C=O) groups is 1. The number of aliphatic hydroxyl groups excluding tert-OH is 1. The molecule has 0 aliphatic rings. The standard InChI is InChI=1S/C14H15FN4O4S.C8H10O/c1-3-23-13(20)9-7-17-14(19-12(9)16)18-8-4-5-11(10(15)6-8)24(2,21)22;9-7-6-8-4-2-1-3-5-8/h4-7H,3H2,1-2H3,(H3,16,17,18,19);1-5,9H,6-7H2. The SMILES string of the molecule is CCOC(=O)c1cnc(Nc2ccc(S(C)(=O)=O)c(F)c2)nc1N.OCCc1ccccc1. The first-order chi connectivity index (χ1) is 15.7. The number of halogens is 1. The Morgan fingerprint density at radius 3 is 2.45 bits per heavy atom. The van der Waals surface area contributed by atoms with E-state index in [1.54, 1.807) is 6.92 Å². The highest BCUT2D eigenvalue weighted by Crippen LogP contribution is 2.21. The van der Waals surface area contributed by atoms with Gasteiger partial charge in [-0.25, -0.2) is 22.6 Å². The molecule has 33 heavy (non-hydrogen) atoms. The summed E-state index contributed by atoms with van der Waals surface area (Å²) < 4.78 is 41.4. The Balaban J connectivity index is 0.000000357. The van der Waals surface area contributed by atoms with Crippen LogP contribution in [-0.4, -0.2) is 48.9 Å². The Hall–Kier alpha value is -3.57. The van der Waals surface area contributed by atoms with Gasteiger partial charge >= 0.3 is 5.97 Å². The average Bonchev–Trinajstić information content (AvgIpc) is 2.74. The predicted molar refractivity (Wildman–Crippen MR) is 122 cm³/mol. The molecule has 0 radical (unpaired) electrons. The molecule has 3 aromatic rings. The van der Waals surface area contributed by atoms with Crippen molar-refractivity contribution >= 4 is 33.3 Å². The lowest BCUT2D eigenvalue weighted by Gasteiger charge is -2.09. The molecule has 1 aromatic heterocycles. The van der Waals surface area contributed by atoms with Gasteiger partial charge in [-0.3, -0.25) is 0 Å². The van der Waals surface area contributed by atoms with Crippen molar-refractivity contribution in [3.63, 3.8) is 0 Å². The van der Waals surface area contributed by atoms with Gasteiger partial charge in [0, 0.05) is 24.7 Å². The first kappa shape index (κ1) is 25.7. The van der Waals surface area contributed by atoms with Crippen molar-refractivity contribution in [2.45, 2.75) is 18.2 Å². The number of aliphatic hydroxyl groups is 1. The third-order valence-corrected chi connectivity index (χ3v) is 5.27. The van der Waals surface area contributed by atoms with Crippen LogP contribution >= 0.6 is 0 Å². The van der Waals surface area contributed by atoms with Crippen LogP contribution in [0.2, 0.25) is 0 Å². The molecule has 176 valence electrons. The molecule has 0 saturated carbocycles. The first-order valence-electron chi connectivity index (χ1n) is 9.86. The number of anilines is 3. The lowest BCUT2D eigenvalue weighted by Crippen LogP contribution is -2.11. The molecule has 2 aromatic carbocycles. The van der Waals surface area contributed by atoms with Gasteiger partial charge in [-0.05, 0) is 37.1 Å². The van der Waals surface area contributed by atoms with Gasteiger partial charge in [0.1, 0.15) is 22.1 Å². The molecule has 1 heterocycles. The second kappa shape index (κ2) is 11.9. The number of nitrogens with zero attached hydrogens (tertiary/aromatic N) is 2. The number of hydrogen-bond acceptors (Lipinski definition) is 9. The van der Waals surface area contributed by atoms with Crippen LogP contribution in [0.4, 0.5) is 21.8 Å². The highest BCUT2D eigenvalue weighted by atomic mass is 32.2. The summed E-state index contributed by atoms with van der Waals surface area (Å²) in [5, 5.41) is 11.2. The summed E-state index contributed by atoms with van der Waals surface area (Å²) in [6.07, 6.45) is 2.86. The van der Waals surface area contributed by atoms with Crippen LogP contribution in [0.3, 0.4) is 0 Å². The highest BCUT2D eigenvalue weighted by Gasteiger charge is 2.16. The number of sulfone groups is 1. The van der Waals surface area contributed by atoms with E-state index in [0.717, 1.165) is 24.8 Å². The maximum absolute atomic E-state index is 13.8. The van der Waals surface area contributed by atoms with Crippen molar-refractivity contribution in [1.29, 1.82) is 0 Å². The number of aromatic nitrogens is 2. The third kappa shape index (κ3) is 7.81. The quantitative estimate of drug-likeness (QED) is 0.438. The molecular weight excluding hydrogens is 451 g/mol. The van der Waals surface area contributed by atoms with Crippen molar-refractivity contribution < 1.29 is 27.4 Å². The zero-order valence-electron chi connectivity index (χ0n) is 18.2. The lowest BCUT2D eigenvalue weighted by atomic mass is 10.2. The van der Waals surface area contributed by atoms with Gasteiger partial charge in [-0.1, -0.05) is 30.3 Å². The van der Waals surface area contributed by atoms with Crippen LogP contribution in [0.1, 0.15) is 22.8 Å². The van der Waals surface area contributed by atoms with Crippen LogP contribution in [0.15, 0.2) is 59.6 Å². The minimum absolute atomic E-state index is 0.0148. The van der Waals surface area contributed by atoms with E-state index in [9.17, 15) is 17.6 Å². The van der Waals surface area contributed by atoms with Gasteiger partial charge in [0.05, 0.1) is 6.61 Å². The average molecular weight is 477 g/mol. The van der Waals surface area contributed by atoms with E-state index in [1.807, 2.05) is 30.3 Å². The van der Waals surface area contributed by atoms with Gasteiger partial charge in [0.2, 0.25) is 5.95 Å². The molecule has 0 aliphatic carbocycles. The summed E-state index contributed by atoms with van der Waals surface area (Å²) >= 11 is 0. The smallest absolute Gasteiger partial charge is 0.343 e. The van der Waals surface area contributed by atoms with Crippen LogP contribution in [-0.2, 0) is 21.0 Å². The van der Waals surface area contributed by atoms with Crippen molar-refractivity contribution in [1.82, 2.24) is 9.97 Å². The van der Waals surface area contributed by atoms with Crippen LogP contribution < -0.4 is 11.1 Å². The molecule has 11 heteroatoms. The Bertz CT molecular complexity index is 1190. The van der Waals surface area contributed by atoms with Gasteiger partial charge in [0.15, 0.2) is 9.84 Å². The van der Waals surface area contributed by atoms with Gasteiger partial charge < -0.3 is 20.9 Å². The summed E-state index contributed by atoms with van der Waals surface area (Å²) in [5.41, 5.74) is 7.11. The van der Waals surface area contributed by atoms with Crippen LogP contribution in [0, 0.1) is 5.82 Å². The summed E-state index contributed by atoms with van der Waals surface area (Å²) in [4.78, 5) is 19.0. The number of nitrogens with one attached hydrogen (secondary N) is 1. The van der Waals surface area contributed by atoms with E-state index in [4.69, 9.17) is 15.6 Å². The fourth-order valence-electron chi connectivity index (χ4n) is 2.60. The fourth-order valence-corrected chi connectivity index (χ4v) is 3.33. The number of hydrogen-bond donors (Lipinski definition) is 3. The monoisotopic (exact) mass is 476 g/mol. The minimum Gasteiger partial charge on any atom is -0.462 e. The molecule has 0 unspecified atom stereocenters.